The second kappa shape index (κ2) is 11.1. The number of hydrogen-bond acceptors (Lipinski definition) is 7. The number of methoxy groups -OCH3 is 1. The maximum atomic E-state index is 13.0. The van der Waals surface area contributed by atoms with E-state index in [1.165, 1.54) is 11.4 Å². The third kappa shape index (κ3) is 6.54. The van der Waals surface area contributed by atoms with Crippen LogP contribution >= 0.6 is 0 Å². The summed E-state index contributed by atoms with van der Waals surface area (Å²) in [4.78, 5) is 13.8. The number of carbonyl (C=O) groups is 1. The average molecular weight is 477 g/mol. The molecule has 9 heteroatoms. The van der Waals surface area contributed by atoms with Crippen LogP contribution < -0.4 is 4.74 Å². The molecule has 1 aliphatic rings. The molecule has 3 rings (SSSR count). The zero-order valence-electron chi connectivity index (χ0n) is 19.3. The molecule has 1 N–H and O–H groups in total. The number of piperazine rings is 1. The minimum absolute atomic E-state index is 0.0955. The van der Waals surface area contributed by atoms with E-state index in [2.05, 4.69) is 18.6 Å². The van der Waals surface area contributed by atoms with E-state index in [1.807, 2.05) is 17.0 Å². The lowest BCUT2D eigenvalue weighted by Crippen LogP contribution is -2.50. The zero-order chi connectivity index (χ0) is 24.0. The van der Waals surface area contributed by atoms with Gasteiger partial charge in [-0.2, -0.15) is 4.31 Å². The van der Waals surface area contributed by atoms with Crippen molar-refractivity contribution in [2.45, 2.75) is 30.8 Å². The van der Waals surface area contributed by atoms with Crippen molar-refractivity contribution in [3.8, 4) is 5.75 Å². The Kier molecular flexibility index (Phi) is 8.47. The Balaban J connectivity index is 1.46. The molecule has 33 heavy (non-hydrogen) atoms. The molecule has 1 heterocycles. The molecular weight excluding hydrogens is 444 g/mol. The second-order valence-electron chi connectivity index (χ2n) is 8.41. The maximum Gasteiger partial charge on any atom is 0.337 e. The first-order valence-electron chi connectivity index (χ1n) is 11.0. The van der Waals surface area contributed by atoms with Crippen LogP contribution in [0.25, 0.3) is 0 Å². The predicted octanol–water partition coefficient (Wildman–Crippen LogP) is 2.34. The van der Waals surface area contributed by atoms with Crippen molar-refractivity contribution in [2.75, 3.05) is 46.4 Å². The van der Waals surface area contributed by atoms with Crippen molar-refractivity contribution in [2.24, 2.45) is 0 Å². The van der Waals surface area contributed by atoms with E-state index in [4.69, 9.17) is 4.74 Å². The summed E-state index contributed by atoms with van der Waals surface area (Å²) in [6.07, 6.45) is -0.725. The van der Waals surface area contributed by atoms with E-state index in [-0.39, 0.29) is 6.61 Å². The van der Waals surface area contributed by atoms with Gasteiger partial charge in [-0.15, -0.1) is 0 Å². The first-order chi connectivity index (χ1) is 15.7. The Morgan fingerprint density at radius 3 is 2.15 bits per heavy atom. The Hall–Kier alpha value is -2.46. The maximum absolute atomic E-state index is 13.0. The monoisotopic (exact) mass is 476 g/mol. The number of aliphatic hydroxyl groups excluding tert-OH is 1. The fourth-order valence-electron chi connectivity index (χ4n) is 3.67. The van der Waals surface area contributed by atoms with E-state index in [0.29, 0.717) is 54.9 Å². The molecule has 1 aliphatic heterocycles. The van der Waals surface area contributed by atoms with Crippen LogP contribution in [-0.4, -0.2) is 81.2 Å². The molecule has 1 saturated heterocycles. The number of carbonyl (C=O) groups excluding carboxylic acids is 1. The highest BCUT2D eigenvalue weighted by atomic mass is 32.2. The number of rotatable bonds is 9. The van der Waals surface area contributed by atoms with Gasteiger partial charge in [0, 0.05) is 32.7 Å². The molecule has 0 aromatic heterocycles. The molecular formula is C24H32N2O6S. The summed E-state index contributed by atoms with van der Waals surface area (Å²) in [5.41, 5.74) is 1.53. The van der Waals surface area contributed by atoms with Gasteiger partial charge in [-0.25, -0.2) is 13.2 Å². The zero-order valence-corrected chi connectivity index (χ0v) is 20.1. The van der Waals surface area contributed by atoms with Crippen molar-refractivity contribution in [3.63, 3.8) is 0 Å². The van der Waals surface area contributed by atoms with Gasteiger partial charge in [0.25, 0.3) is 0 Å². The largest absolute Gasteiger partial charge is 0.491 e. The fourth-order valence-corrected chi connectivity index (χ4v) is 5.10. The lowest BCUT2D eigenvalue weighted by Gasteiger charge is -2.34. The fraction of sp³-hybridized carbons (Fsp3) is 0.458. The average Bonchev–Trinajstić information content (AvgIpc) is 2.83. The van der Waals surface area contributed by atoms with Crippen LogP contribution in [0.5, 0.6) is 5.75 Å². The van der Waals surface area contributed by atoms with Crippen LogP contribution in [0.4, 0.5) is 0 Å². The van der Waals surface area contributed by atoms with Gasteiger partial charge in [0.1, 0.15) is 18.5 Å². The number of esters is 1. The summed E-state index contributed by atoms with van der Waals surface area (Å²) >= 11 is 0. The molecule has 0 aliphatic carbocycles. The summed E-state index contributed by atoms with van der Waals surface area (Å²) < 4.78 is 37.7. The normalized spacial score (nSPS) is 16.5. The van der Waals surface area contributed by atoms with Crippen molar-refractivity contribution in [1.29, 1.82) is 0 Å². The summed E-state index contributed by atoms with van der Waals surface area (Å²) in [7, 11) is -2.21. The highest BCUT2D eigenvalue weighted by molar-refractivity contribution is 7.89. The number of hydrogen-bond donors (Lipinski definition) is 1. The van der Waals surface area contributed by atoms with Gasteiger partial charge in [0.15, 0.2) is 0 Å². The number of β-amino-alcohol motifs (C(OH)–C–C–N with tert-alkyl or cyclic N) is 1. The molecule has 8 nitrogen and oxygen atoms in total. The molecule has 1 unspecified atom stereocenters. The molecule has 2 aromatic rings. The number of benzene rings is 2. The first-order valence-corrected chi connectivity index (χ1v) is 12.5. The Morgan fingerprint density at radius 2 is 1.61 bits per heavy atom. The summed E-state index contributed by atoms with van der Waals surface area (Å²) in [6.45, 7) is 6.44. The third-order valence-electron chi connectivity index (χ3n) is 5.70. The number of sulfonamides is 1. The van der Waals surface area contributed by atoms with Gasteiger partial charge in [-0.3, -0.25) is 4.90 Å². The summed E-state index contributed by atoms with van der Waals surface area (Å²) in [6, 6.07) is 13.6. The highest BCUT2D eigenvalue weighted by Gasteiger charge is 2.29. The molecule has 2 aromatic carbocycles. The predicted molar refractivity (Wildman–Crippen MR) is 125 cm³/mol. The quantitative estimate of drug-likeness (QED) is 0.555. The molecule has 1 fully saturated rings. The Labute approximate surface area is 195 Å². The van der Waals surface area contributed by atoms with Crippen LogP contribution in [0.15, 0.2) is 53.4 Å². The number of nitrogens with zero attached hydrogens (tertiary/aromatic N) is 2. The molecule has 0 bridgehead atoms. The van der Waals surface area contributed by atoms with Crippen LogP contribution in [0.2, 0.25) is 0 Å². The summed E-state index contributed by atoms with van der Waals surface area (Å²) in [5, 5.41) is 10.3. The standard InChI is InChI=1S/C24H32N2O6S/c1-18(2)19-6-10-23(11-7-19)33(29,30)26-14-12-25(13-15-26)16-21(27)17-32-22-8-4-20(5-9-22)24(28)31-3/h4-11,18,21,27H,12-17H2,1-3H3. The van der Waals surface area contributed by atoms with Crippen molar-refractivity contribution in [3.05, 3.63) is 59.7 Å². The van der Waals surface area contributed by atoms with E-state index in [1.54, 1.807) is 36.4 Å². The van der Waals surface area contributed by atoms with E-state index < -0.39 is 22.1 Å². The van der Waals surface area contributed by atoms with E-state index in [9.17, 15) is 18.3 Å². The molecule has 1 atom stereocenters. The van der Waals surface area contributed by atoms with Crippen molar-refractivity contribution < 1.29 is 27.8 Å². The van der Waals surface area contributed by atoms with Gasteiger partial charge >= 0.3 is 5.97 Å². The molecule has 0 spiro atoms. The highest BCUT2D eigenvalue weighted by Crippen LogP contribution is 2.21. The van der Waals surface area contributed by atoms with Crippen LogP contribution in [-0.2, 0) is 14.8 Å². The van der Waals surface area contributed by atoms with Crippen LogP contribution in [0.1, 0.15) is 35.7 Å². The number of ether oxygens (including phenoxy) is 2. The smallest absolute Gasteiger partial charge is 0.337 e. The minimum Gasteiger partial charge on any atom is -0.491 e. The minimum atomic E-state index is -3.53. The summed E-state index contributed by atoms with van der Waals surface area (Å²) in [5.74, 6) is 0.469. The van der Waals surface area contributed by atoms with Gasteiger partial charge < -0.3 is 14.6 Å². The topological polar surface area (TPSA) is 96.4 Å². The van der Waals surface area contributed by atoms with Gasteiger partial charge in [0.2, 0.25) is 10.0 Å². The van der Waals surface area contributed by atoms with Crippen LogP contribution in [0, 0.1) is 0 Å². The van der Waals surface area contributed by atoms with Gasteiger partial charge in [-0.05, 0) is 47.9 Å². The van der Waals surface area contributed by atoms with Gasteiger partial charge in [-0.1, -0.05) is 26.0 Å². The third-order valence-corrected chi connectivity index (χ3v) is 7.62. The second-order valence-corrected chi connectivity index (χ2v) is 10.3. The molecule has 180 valence electrons. The van der Waals surface area contributed by atoms with E-state index in [0.717, 1.165) is 5.56 Å². The molecule has 0 radical (unpaired) electrons. The Morgan fingerprint density at radius 1 is 1.00 bits per heavy atom. The Bertz CT molecular complexity index is 1010. The lowest BCUT2D eigenvalue weighted by atomic mass is 10.0. The SMILES string of the molecule is COC(=O)c1ccc(OCC(O)CN2CCN(S(=O)(=O)c3ccc(C(C)C)cc3)CC2)cc1. The van der Waals surface area contributed by atoms with Crippen LogP contribution in [0.3, 0.4) is 0 Å². The lowest BCUT2D eigenvalue weighted by molar-refractivity contribution is 0.0566. The first kappa shape index (κ1) is 25.2. The van der Waals surface area contributed by atoms with Crippen molar-refractivity contribution in [1.82, 2.24) is 9.21 Å². The molecule has 0 saturated carbocycles. The molecule has 0 amide bonds. The van der Waals surface area contributed by atoms with Gasteiger partial charge in [0.05, 0.1) is 17.6 Å². The van der Waals surface area contributed by atoms with Crippen molar-refractivity contribution >= 4 is 16.0 Å². The van der Waals surface area contributed by atoms with E-state index >= 15 is 0 Å². The number of aliphatic hydroxyl groups is 1.